The molecule has 2 unspecified atom stereocenters. The van der Waals surface area contributed by atoms with Crippen LogP contribution < -0.4 is 4.90 Å². The van der Waals surface area contributed by atoms with Crippen LogP contribution in [0.4, 0.5) is 5.82 Å². The van der Waals surface area contributed by atoms with Crippen molar-refractivity contribution in [2.24, 2.45) is 0 Å². The minimum atomic E-state index is -0.885. The van der Waals surface area contributed by atoms with Crippen LogP contribution in [-0.2, 0) is 0 Å². The zero-order valence-electron chi connectivity index (χ0n) is 13.4. The molecule has 118 valence electrons. The first-order chi connectivity index (χ1) is 10.4. The number of anilines is 1. The summed E-state index contributed by atoms with van der Waals surface area (Å²) in [6.45, 7) is 8.18. The van der Waals surface area contributed by atoms with Gasteiger partial charge in [0.15, 0.2) is 0 Å². The number of nitrogens with zero attached hydrogens (tertiary/aromatic N) is 3. The highest BCUT2D eigenvalue weighted by atomic mass is 32.1. The van der Waals surface area contributed by atoms with Crippen molar-refractivity contribution in [2.75, 3.05) is 4.90 Å². The summed E-state index contributed by atoms with van der Waals surface area (Å²) < 4.78 is 0. The van der Waals surface area contributed by atoms with Gasteiger partial charge in [-0.25, -0.2) is 14.8 Å². The van der Waals surface area contributed by atoms with E-state index >= 15 is 0 Å². The minimum absolute atomic E-state index is 0.369. The summed E-state index contributed by atoms with van der Waals surface area (Å²) in [6, 6.07) is 0.822. The van der Waals surface area contributed by atoms with Crippen LogP contribution in [0.2, 0.25) is 0 Å². The van der Waals surface area contributed by atoms with Gasteiger partial charge in [0.25, 0.3) is 0 Å². The van der Waals surface area contributed by atoms with Gasteiger partial charge < -0.3 is 10.0 Å². The third-order valence-corrected chi connectivity index (χ3v) is 5.69. The van der Waals surface area contributed by atoms with Crippen LogP contribution in [0.5, 0.6) is 0 Å². The van der Waals surface area contributed by atoms with Crippen LogP contribution >= 0.6 is 11.3 Å². The zero-order valence-corrected chi connectivity index (χ0v) is 14.2. The maximum absolute atomic E-state index is 11.4. The van der Waals surface area contributed by atoms with Crippen LogP contribution in [0.25, 0.3) is 10.2 Å². The molecule has 0 aromatic carbocycles. The number of carboxylic acids is 1. The molecule has 2 aromatic rings. The Kier molecular flexibility index (Phi) is 3.80. The predicted octanol–water partition coefficient (Wildman–Crippen LogP) is 3.77. The van der Waals surface area contributed by atoms with Gasteiger partial charge in [-0.05, 0) is 52.5 Å². The molecule has 3 heterocycles. The number of carboxylic acid groups (broad SMARTS) is 1. The fourth-order valence-electron chi connectivity index (χ4n) is 3.45. The number of carbonyl (C=O) groups is 1. The van der Waals surface area contributed by atoms with E-state index in [0.717, 1.165) is 34.4 Å². The lowest BCUT2D eigenvalue weighted by molar-refractivity contribution is 0.0701. The second-order valence-electron chi connectivity index (χ2n) is 6.17. The van der Waals surface area contributed by atoms with Crippen molar-refractivity contribution in [1.82, 2.24) is 9.97 Å². The average molecular weight is 319 g/mol. The molecule has 0 spiro atoms. The highest BCUT2D eigenvalue weighted by Gasteiger charge is 2.30. The highest BCUT2D eigenvalue weighted by molar-refractivity contribution is 7.20. The maximum atomic E-state index is 11.4. The summed E-state index contributed by atoms with van der Waals surface area (Å²) in [7, 11) is 0. The quantitative estimate of drug-likeness (QED) is 0.912. The Labute approximate surface area is 134 Å². The Morgan fingerprint density at radius 3 is 2.45 bits per heavy atom. The lowest BCUT2D eigenvalue weighted by atomic mass is 9.97. The van der Waals surface area contributed by atoms with E-state index in [1.54, 1.807) is 0 Å². The van der Waals surface area contributed by atoms with Crippen molar-refractivity contribution in [1.29, 1.82) is 0 Å². The Morgan fingerprint density at radius 2 is 1.86 bits per heavy atom. The van der Waals surface area contributed by atoms with Gasteiger partial charge in [-0.1, -0.05) is 0 Å². The lowest BCUT2D eigenvalue weighted by Crippen LogP contribution is -2.44. The lowest BCUT2D eigenvalue weighted by Gasteiger charge is -2.40. The van der Waals surface area contributed by atoms with E-state index in [-0.39, 0.29) is 0 Å². The summed E-state index contributed by atoms with van der Waals surface area (Å²) in [4.78, 5) is 24.1. The Balaban J connectivity index is 2.26. The fourth-order valence-corrected chi connectivity index (χ4v) is 4.51. The number of aryl methyl sites for hydroxylation is 2. The number of aromatic carboxylic acids is 1. The maximum Gasteiger partial charge on any atom is 0.346 e. The molecule has 1 aliphatic rings. The second-order valence-corrected chi connectivity index (χ2v) is 7.17. The molecule has 0 bridgehead atoms. The first-order valence-electron chi connectivity index (χ1n) is 7.69. The van der Waals surface area contributed by atoms with Crippen molar-refractivity contribution in [3.05, 3.63) is 16.3 Å². The Morgan fingerprint density at radius 1 is 1.23 bits per heavy atom. The molecular weight excluding hydrogens is 298 g/mol. The number of piperidine rings is 1. The predicted molar refractivity (Wildman–Crippen MR) is 89.1 cm³/mol. The molecule has 0 saturated carbocycles. The number of aromatic nitrogens is 2. The molecule has 1 N–H and O–H groups in total. The number of fused-ring (bicyclic) bond motifs is 1. The standard InChI is InChI=1S/C16H21N3O2S/c1-8-6-5-7-9(2)19(8)14-12-10(3)13(16(20)21)22-15(12)18-11(4)17-14/h8-9H,5-7H2,1-4H3,(H,20,21). The molecule has 1 fully saturated rings. The van der Waals surface area contributed by atoms with Gasteiger partial charge in [0, 0.05) is 12.1 Å². The van der Waals surface area contributed by atoms with Crippen molar-refractivity contribution >= 4 is 33.3 Å². The van der Waals surface area contributed by atoms with E-state index in [9.17, 15) is 9.90 Å². The van der Waals surface area contributed by atoms with Gasteiger partial charge in [-0.15, -0.1) is 11.3 Å². The van der Waals surface area contributed by atoms with Crippen molar-refractivity contribution in [2.45, 2.75) is 59.0 Å². The van der Waals surface area contributed by atoms with Crippen molar-refractivity contribution < 1.29 is 9.90 Å². The van der Waals surface area contributed by atoms with E-state index in [1.807, 2.05) is 13.8 Å². The largest absolute Gasteiger partial charge is 0.477 e. The van der Waals surface area contributed by atoms with Gasteiger partial charge in [-0.2, -0.15) is 0 Å². The summed E-state index contributed by atoms with van der Waals surface area (Å²) >= 11 is 1.25. The molecule has 22 heavy (non-hydrogen) atoms. The normalized spacial score (nSPS) is 22.3. The summed E-state index contributed by atoms with van der Waals surface area (Å²) in [5.41, 5.74) is 0.785. The third kappa shape index (κ3) is 2.35. The topological polar surface area (TPSA) is 66.3 Å². The second kappa shape index (κ2) is 5.50. The van der Waals surface area contributed by atoms with Gasteiger partial charge in [0.2, 0.25) is 0 Å². The molecule has 6 heteroatoms. The first kappa shape index (κ1) is 15.2. The number of hydrogen-bond acceptors (Lipinski definition) is 5. The molecule has 2 aromatic heterocycles. The Hall–Kier alpha value is -1.69. The molecule has 1 saturated heterocycles. The van der Waals surface area contributed by atoms with Gasteiger partial charge in [0.1, 0.15) is 21.3 Å². The first-order valence-corrected chi connectivity index (χ1v) is 8.51. The van der Waals surface area contributed by atoms with Gasteiger partial charge in [-0.3, -0.25) is 0 Å². The number of rotatable bonds is 2. The molecule has 0 radical (unpaired) electrons. The smallest absolute Gasteiger partial charge is 0.346 e. The molecular formula is C16H21N3O2S. The van der Waals surface area contributed by atoms with Gasteiger partial charge >= 0.3 is 5.97 Å². The molecule has 3 rings (SSSR count). The number of thiophene rings is 1. The van der Waals surface area contributed by atoms with Crippen LogP contribution in [0.3, 0.4) is 0 Å². The molecule has 0 amide bonds. The average Bonchev–Trinajstić information content (AvgIpc) is 2.75. The van der Waals surface area contributed by atoms with E-state index in [2.05, 4.69) is 28.7 Å². The van der Waals surface area contributed by atoms with Crippen molar-refractivity contribution in [3.63, 3.8) is 0 Å². The van der Waals surface area contributed by atoms with E-state index in [1.165, 1.54) is 17.8 Å². The minimum Gasteiger partial charge on any atom is -0.477 e. The number of hydrogen-bond donors (Lipinski definition) is 1. The SMILES string of the molecule is Cc1nc(N2C(C)CCCC2C)c2c(C)c(C(=O)O)sc2n1. The van der Waals surface area contributed by atoms with Gasteiger partial charge in [0.05, 0.1) is 5.39 Å². The summed E-state index contributed by atoms with van der Waals surface area (Å²) in [6.07, 6.45) is 3.52. The molecule has 2 atom stereocenters. The van der Waals surface area contributed by atoms with E-state index in [0.29, 0.717) is 22.8 Å². The zero-order chi connectivity index (χ0) is 16.0. The van der Waals surface area contributed by atoms with Crippen LogP contribution in [-0.4, -0.2) is 33.1 Å². The monoisotopic (exact) mass is 319 g/mol. The molecule has 5 nitrogen and oxygen atoms in total. The molecule has 0 aliphatic carbocycles. The van der Waals surface area contributed by atoms with E-state index in [4.69, 9.17) is 0 Å². The van der Waals surface area contributed by atoms with Crippen LogP contribution in [0.1, 0.15) is 54.2 Å². The third-order valence-electron chi connectivity index (χ3n) is 4.52. The molecule has 1 aliphatic heterocycles. The summed E-state index contributed by atoms with van der Waals surface area (Å²) in [5.74, 6) is 0.720. The summed E-state index contributed by atoms with van der Waals surface area (Å²) in [5, 5.41) is 10.3. The van der Waals surface area contributed by atoms with Crippen LogP contribution in [0, 0.1) is 13.8 Å². The highest BCUT2D eigenvalue weighted by Crippen LogP contribution is 2.38. The Bertz CT molecular complexity index is 731. The van der Waals surface area contributed by atoms with Crippen molar-refractivity contribution in [3.8, 4) is 0 Å². The fraction of sp³-hybridized carbons (Fsp3) is 0.562. The van der Waals surface area contributed by atoms with Crippen LogP contribution in [0.15, 0.2) is 0 Å². The van der Waals surface area contributed by atoms with E-state index < -0.39 is 5.97 Å².